The van der Waals surface area contributed by atoms with Crippen molar-refractivity contribution < 1.29 is 14.6 Å². The molecule has 1 atom stereocenters. The number of nitrogens with zero attached hydrogens (tertiary/aromatic N) is 1. The molecule has 1 aliphatic carbocycles. The molecule has 1 aliphatic heterocycles. The number of hydrogen-bond donors (Lipinski definition) is 2. The Labute approximate surface area is 147 Å². The molecule has 0 radical (unpaired) electrons. The minimum Gasteiger partial charge on any atom is -0.493 e. The number of aliphatic hydroxyl groups excluding tert-OH is 1. The highest BCUT2D eigenvalue weighted by Gasteiger charge is 2.36. The first-order valence-electron chi connectivity index (χ1n) is 8.78. The molecule has 1 aromatic heterocycles. The molecule has 2 aromatic rings. The van der Waals surface area contributed by atoms with Gasteiger partial charge in [-0.1, -0.05) is 6.07 Å². The average Bonchev–Trinajstić information content (AvgIpc) is 3.05. The quantitative estimate of drug-likeness (QED) is 0.899. The summed E-state index contributed by atoms with van der Waals surface area (Å²) >= 11 is 0. The first-order valence-corrected chi connectivity index (χ1v) is 8.78. The molecule has 1 aromatic carbocycles. The van der Waals surface area contributed by atoms with Gasteiger partial charge in [0.1, 0.15) is 5.75 Å². The molecule has 4 rings (SSSR count). The fourth-order valence-corrected chi connectivity index (χ4v) is 3.72. The van der Waals surface area contributed by atoms with Gasteiger partial charge in [0.05, 0.1) is 24.3 Å². The van der Waals surface area contributed by atoms with Crippen molar-refractivity contribution in [3.05, 3.63) is 58.9 Å². The predicted molar refractivity (Wildman–Crippen MR) is 93.6 cm³/mol. The number of amides is 1. The molecule has 25 heavy (non-hydrogen) atoms. The first kappa shape index (κ1) is 16.1. The van der Waals surface area contributed by atoms with E-state index in [1.807, 2.05) is 19.1 Å². The molecule has 1 saturated carbocycles. The predicted octanol–water partition coefficient (Wildman–Crippen LogP) is 2.57. The van der Waals surface area contributed by atoms with Gasteiger partial charge in [-0.3, -0.25) is 9.78 Å². The van der Waals surface area contributed by atoms with Crippen LogP contribution in [0.4, 0.5) is 0 Å². The van der Waals surface area contributed by atoms with Gasteiger partial charge in [0.2, 0.25) is 0 Å². The van der Waals surface area contributed by atoms with E-state index in [1.54, 1.807) is 18.3 Å². The Bertz CT molecular complexity index is 799. The number of hydrogen-bond acceptors (Lipinski definition) is 4. The lowest BCUT2D eigenvalue weighted by atomic mass is 9.74. The van der Waals surface area contributed by atoms with Crippen LogP contribution in [0.25, 0.3) is 0 Å². The maximum atomic E-state index is 12.8. The van der Waals surface area contributed by atoms with Crippen LogP contribution in [-0.4, -0.2) is 28.7 Å². The zero-order chi connectivity index (χ0) is 17.4. The van der Waals surface area contributed by atoms with Crippen LogP contribution in [-0.2, 0) is 6.42 Å². The number of aliphatic hydroxyl groups is 1. The number of rotatable bonds is 4. The number of nitrogens with one attached hydrogen (secondary N) is 1. The largest absolute Gasteiger partial charge is 0.493 e. The van der Waals surface area contributed by atoms with Gasteiger partial charge in [-0.25, -0.2) is 0 Å². The highest BCUT2D eigenvalue weighted by atomic mass is 16.5. The van der Waals surface area contributed by atoms with Crippen LogP contribution in [0, 0.1) is 12.8 Å². The molecule has 1 amide bonds. The zero-order valence-corrected chi connectivity index (χ0v) is 14.2. The molecule has 5 nitrogen and oxygen atoms in total. The van der Waals surface area contributed by atoms with Crippen LogP contribution >= 0.6 is 0 Å². The minimum atomic E-state index is -0.262. The average molecular weight is 338 g/mol. The summed E-state index contributed by atoms with van der Waals surface area (Å²) in [6.45, 7) is 2.55. The summed E-state index contributed by atoms with van der Waals surface area (Å²) in [6.07, 6.45) is 3.75. The topological polar surface area (TPSA) is 71.5 Å². The maximum Gasteiger partial charge on any atom is 0.253 e. The van der Waals surface area contributed by atoms with Gasteiger partial charge in [-0.05, 0) is 61.1 Å². The number of pyridine rings is 1. The Morgan fingerprint density at radius 1 is 1.36 bits per heavy atom. The second-order valence-electron chi connectivity index (χ2n) is 6.94. The third-order valence-electron chi connectivity index (χ3n) is 5.23. The molecule has 0 saturated heterocycles. The van der Waals surface area contributed by atoms with Crippen molar-refractivity contribution in [2.45, 2.75) is 38.3 Å². The monoisotopic (exact) mass is 338 g/mol. The number of ether oxygens (including phenoxy) is 1. The van der Waals surface area contributed by atoms with Gasteiger partial charge >= 0.3 is 0 Å². The van der Waals surface area contributed by atoms with Crippen molar-refractivity contribution in [1.82, 2.24) is 10.3 Å². The Hall–Kier alpha value is -2.40. The number of aromatic nitrogens is 1. The fourth-order valence-electron chi connectivity index (χ4n) is 3.72. The summed E-state index contributed by atoms with van der Waals surface area (Å²) in [5.74, 6) is 1.07. The zero-order valence-electron chi connectivity index (χ0n) is 14.2. The van der Waals surface area contributed by atoms with E-state index in [-0.39, 0.29) is 24.0 Å². The van der Waals surface area contributed by atoms with Crippen LogP contribution in [0.1, 0.15) is 46.1 Å². The second-order valence-corrected chi connectivity index (χ2v) is 6.94. The van der Waals surface area contributed by atoms with Gasteiger partial charge < -0.3 is 15.2 Å². The van der Waals surface area contributed by atoms with Crippen molar-refractivity contribution in [3.8, 4) is 5.75 Å². The molecule has 2 heterocycles. The van der Waals surface area contributed by atoms with E-state index < -0.39 is 0 Å². The number of aryl methyl sites for hydroxylation is 1. The van der Waals surface area contributed by atoms with Gasteiger partial charge in [0.25, 0.3) is 5.91 Å². The highest BCUT2D eigenvalue weighted by Crippen LogP contribution is 2.40. The van der Waals surface area contributed by atoms with Crippen molar-refractivity contribution in [3.63, 3.8) is 0 Å². The molecule has 5 heteroatoms. The summed E-state index contributed by atoms with van der Waals surface area (Å²) in [7, 11) is 0. The van der Waals surface area contributed by atoms with Crippen molar-refractivity contribution in [1.29, 1.82) is 0 Å². The summed E-state index contributed by atoms with van der Waals surface area (Å²) < 4.78 is 5.58. The van der Waals surface area contributed by atoms with Gasteiger partial charge in [0.15, 0.2) is 0 Å². The third kappa shape index (κ3) is 3.12. The SMILES string of the molecule is Cc1ncccc1C(=O)N[C@@H](c1ccc2c(c1)CCO2)C1CC(O)C1. The van der Waals surface area contributed by atoms with E-state index in [4.69, 9.17) is 4.74 Å². The molecule has 1 fully saturated rings. The van der Waals surface area contributed by atoms with Crippen molar-refractivity contribution >= 4 is 5.91 Å². The molecule has 130 valence electrons. The molecule has 0 bridgehead atoms. The van der Waals surface area contributed by atoms with E-state index in [0.717, 1.165) is 23.4 Å². The van der Waals surface area contributed by atoms with Crippen LogP contribution in [0.15, 0.2) is 36.5 Å². The Balaban J connectivity index is 1.61. The molecule has 2 N–H and O–H groups in total. The summed E-state index contributed by atoms with van der Waals surface area (Å²) in [4.78, 5) is 17.0. The van der Waals surface area contributed by atoms with Gasteiger partial charge in [-0.15, -0.1) is 0 Å². The number of fused-ring (bicyclic) bond motifs is 1. The van der Waals surface area contributed by atoms with Crippen LogP contribution < -0.4 is 10.1 Å². The summed E-state index contributed by atoms with van der Waals surface area (Å²) in [5, 5.41) is 12.9. The van der Waals surface area contributed by atoms with E-state index in [1.165, 1.54) is 5.56 Å². The lowest BCUT2D eigenvalue weighted by Crippen LogP contribution is -2.41. The maximum absolute atomic E-state index is 12.8. The standard InChI is InChI=1S/C20H22N2O3/c1-12-17(3-2-7-21-12)20(24)22-19(15-10-16(23)11-15)14-4-5-18-13(9-14)6-8-25-18/h2-5,7,9,15-16,19,23H,6,8,10-11H2,1H3,(H,22,24)/t15?,16?,19-/m0/s1. The third-order valence-corrected chi connectivity index (χ3v) is 5.23. The van der Waals surface area contributed by atoms with Crippen molar-refractivity contribution in [2.24, 2.45) is 5.92 Å². The lowest BCUT2D eigenvalue weighted by molar-refractivity contribution is 0.0235. The Kier molecular flexibility index (Phi) is 4.17. The smallest absolute Gasteiger partial charge is 0.253 e. The molecular weight excluding hydrogens is 316 g/mol. The van der Waals surface area contributed by atoms with Gasteiger partial charge in [-0.2, -0.15) is 0 Å². The van der Waals surface area contributed by atoms with E-state index in [0.29, 0.717) is 25.0 Å². The van der Waals surface area contributed by atoms with E-state index >= 15 is 0 Å². The second kappa shape index (κ2) is 6.48. The van der Waals surface area contributed by atoms with Crippen LogP contribution in [0.5, 0.6) is 5.75 Å². The van der Waals surface area contributed by atoms with E-state index in [2.05, 4.69) is 16.4 Å². The van der Waals surface area contributed by atoms with Gasteiger partial charge in [0, 0.05) is 18.3 Å². The fraction of sp³-hybridized carbons (Fsp3) is 0.400. The highest BCUT2D eigenvalue weighted by molar-refractivity contribution is 5.95. The Morgan fingerprint density at radius 2 is 2.20 bits per heavy atom. The molecule has 0 unspecified atom stereocenters. The first-order chi connectivity index (χ1) is 12.1. The Morgan fingerprint density at radius 3 is 2.96 bits per heavy atom. The number of carbonyl (C=O) groups excluding carboxylic acids is 1. The summed E-state index contributed by atoms with van der Waals surface area (Å²) in [5.41, 5.74) is 3.58. The summed E-state index contributed by atoms with van der Waals surface area (Å²) in [6, 6.07) is 9.60. The van der Waals surface area contributed by atoms with E-state index in [9.17, 15) is 9.90 Å². The normalized spacial score (nSPS) is 22.5. The number of benzene rings is 1. The van der Waals surface area contributed by atoms with Crippen molar-refractivity contribution in [2.75, 3.05) is 6.61 Å². The molecule has 2 aliphatic rings. The van der Waals surface area contributed by atoms with Crippen LogP contribution in [0.3, 0.4) is 0 Å². The lowest BCUT2D eigenvalue weighted by Gasteiger charge is -2.38. The minimum absolute atomic E-state index is 0.110. The van der Waals surface area contributed by atoms with Crippen LogP contribution in [0.2, 0.25) is 0 Å². The molecule has 0 spiro atoms. The number of carbonyl (C=O) groups is 1. The molecular formula is C20H22N2O3.